The molecule has 0 saturated heterocycles. The van der Waals surface area contributed by atoms with Gasteiger partial charge in [-0.1, -0.05) is 33.8 Å². The van der Waals surface area contributed by atoms with Crippen LogP contribution in [0, 0.1) is 0 Å². The lowest BCUT2D eigenvalue weighted by atomic mass is 10.2. The minimum absolute atomic E-state index is 0. The van der Waals surface area contributed by atoms with Crippen LogP contribution in [0.4, 0.5) is 5.69 Å². The van der Waals surface area contributed by atoms with E-state index in [0.717, 1.165) is 38.9 Å². The molecule has 0 atom stereocenters. The van der Waals surface area contributed by atoms with Crippen LogP contribution in [0.2, 0.25) is 0 Å². The Morgan fingerprint density at radius 1 is 1.26 bits per heavy atom. The number of hydrogen-bond donors (Lipinski definition) is 0. The topological polar surface area (TPSA) is 32.7 Å². The molecule has 0 bridgehead atoms. The molecule has 122 valence electrons. The van der Waals surface area contributed by atoms with Gasteiger partial charge in [0.25, 0.3) is 0 Å². The van der Waals surface area contributed by atoms with Crippen molar-refractivity contribution in [1.29, 1.82) is 0 Å². The fourth-order valence-corrected chi connectivity index (χ4v) is 4.05. The molecule has 3 nitrogen and oxygen atoms in total. The van der Waals surface area contributed by atoms with Crippen molar-refractivity contribution >= 4 is 72.6 Å². The number of benzene rings is 1. The maximum Gasteiger partial charge on any atom is 0.192 e. The predicted molar refractivity (Wildman–Crippen MR) is 110 cm³/mol. The van der Waals surface area contributed by atoms with E-state index in [9.17, 15) is 4.79 Å². The number of carbonyl (C=O) groups is 1. The fraction of sp³-hybridized carbons (Fsp3) is 0.250. The number of thiophene rings is 1. The minimum atomic E-state index is 0. The van der Waals surface area contributed by atoms with Crippen molar-refractivity contribution < 1.29 is 4.79 Å². The Morgan fingerprint density at radius 2 is 2.04 bits per heavy atom. The monoisotopic (exact) mass is 474 g/mol. The normalized spacial score (nSPS) is 13.9. The van der Waals surface area contributed by atoms with E-state index in [1.54, 1.807) is 11.8 Å². The van der Waals surface area contributed by atoms with E-state index in [4.69, 9.17) is 0 Å². The van der Waals surface area contributed by atoms with E-state index in [0.29, 0.717) is 6.54 Å². The van der Waals surface area contributed by atoms with Crippen LogP contribution in [0.15, 0.2) is 51.2 Å². The average Bonchev–Trinajstić information content (AvgIpc) is 3.09. The second-order valence-corrected chi connectivity index (χ2v) is 7.75. The van der Waals surface area contributed by atoms with E-state index in [1.807, 2.05) is 46.7 Å². The molecule has 3 rings (SSSR count). The summed E-state index contributed by atoms with van der Waals surface area (Å²) in [5.41, 5.74) is 1.00. The molecular weight excluding hydrogens is 460 g/mol. The lowest BCUT2D eigenvalue weighted by Gasteiger charge is -2.27. The molecule has 0 spiro atoms. The second-order valence-electron chi connectivity index (χ2n) is 4.83. The molecule has 0 saturated carbocycles. The third kappa shape index (κ3) is 4.92. The first-order valence-corrected chi connectivity index (χ1v) is 9.67. The average molecular weight is 476 g/mol. The first-order chi connectivity index (χ1) is 10.7. The highest BCUT2D eigenvalue weighted by molar-refractivity contribution is 9.10. The highest BCUT2D eigenvalue weighted by Gasteiger charge is 2.20. The summed E-state index contributed by atoms with van der Waals surface area (Å²) in [6, 6.07) is 11.8. The molecule has 0 amide bonds. The molecule has 23 heavy (non-hydrogen) atoms. The standard InChI is InChI=1S/C16H15BrN2OS2.BrH/c17-12-4-6-13(7-5-12)19(16-18-8-2-10-22-16)11-14(20)15-3-1-9-21-15;/h1,3-7,9H,2,8,10-11H2;1H. The summed E-state index contributed by atoms with van der Waals surface area (Å²) in [4.78, 5) is 19.9. The zero-order chi connectivity index (χ0) is 15.4. The van der Waals surface area contributed by atoms with E-state index >= 15 is 0 Å². The van der Waals surface area contributed by atoms with Gasteiger partial charge in [0.05, 0.1) is 11.4 Å². The quantitative estimate of drug-likeness (QED) is 0.564. The molecule has 1 aliphatic heterocycles. The van der Waals surface area contributed by atoms with Crippen molar-refractivity contribution in [3.05, 3.63) is 51.1 Å². The lowest BCUT2D eigenvalue weighted by Crippen LogP contribution is -2.35. The molecule has 7 heteroatoms. The van der Waals surface area contributed by atoms with Crippen molar-refractivity contribution in [3.63, 3.8) is 0 Å². The Labute approximate surface area is 163 Å². The van der Waals surface area contributed by atoms with Gasteiger partial charge in [-0.25, -0.2) is 0 Å². The van der Waals surface area contributed by atoms with E-state index < -0.39 is 0 Å². The number of nitrogens with zero attached hydrogens (tertiary/aromatic N) is 2. The molecule has 2 aromatic rings. The van der Waals surface area contributed by atoms with Crippen molar-refractivity contribution in [2.24, 2.45) is 4.99 Å². The number of rotatable bonds is 4. The third-order valence-electron chi connectivity index (χ3n) is 3.25. The number of thioether (sulfide) groups is 1. The lowest BCUT2D eigenvalue weighted by molar-refractivity contribution is 0.101. The van der Waals surface area contributed by atoms with E-state index in [2.05, 4.69) is 20.9 Å². The Morgan fingerprint density at radius 3 is 2.65 bits per heavy atom. The van der Waals surface area contributed by atoms with Crippen LogP contribution >= 0.6 is 56.0 Å². The van der Waals surface area contributed by atoms with Gasteiger partial charge in [0, 0.05) is 22.5 Å². The van der Waals surface area contributed by atoms with Gasteiger partial charge in [0.1, 0.15) is 0 Å². The first kappa shape index (κ1) is 18.7. The molecule has 0 radical (unpaired) electrons. The number of amidine groups is 1. The molecular formula is C16H16Br2N2OS2. The number of ketones is 1. The largest absolute Gasteiger partial charge is 0.313 e. The van der Waals surface area contributed by atoms with Crippen molar-refractivity contribution in [2.75, 3.05) is 23.7 Å². The number of halogens is 2. The maximum atomic E-state index is 12.5. The molecule has 0 N–H and O–H groups in total. The van der Waals surface area contributed by atoms with Crippen LogP contribution in [-0.2, 0) is 0 Å². The Bertz CT molecular complexity index is 672. The van der Waals surface area contributed by atoms with Crippen LogP contribution in [0.1, 0.15) is 16.1 Å². The molecule has 0 aliphatic carbocycles. The molecule has 0 fully saturated rings. The van der Waals surface area contributed by atoms with Gasteiger partial charge in [-0.05, 0) is 42.1 Å². The summed E-state index contributed by atoms with van der Waals surface area (Å²) < 4.78 is 1.03. The molecule has 1 aromatic carbocycles. The number of anilines is 1. The third-order valence-corrected chi connectivity index (χ3v) is 5.79. The second kappa shape index (κ2) is 9.01. The zero-order valence-electron chi connectivity index (χ0n) is 12.3. The van der Waals surface area contributed by atoms with Crippen LogP contribution in [0.3, 0.4) is 0 Å². The summed E-state index contributed by atoms with van der Waals surface area (Å²) in [5, 5.41) is 2.88. The number of hydrogen-bond acceptors (Lipinski definition) is 5. The number of carbonyl (C=O) groups excluding carboxylic acids is 1. The fourth-order valence-electron chi connectivity index (χ4n) is 2.16. The van der Waals surface area contributed by atoms with Gasteiger partial charge in [-0.3, -0.25) is 9.79 Å². The Kier molecular flexibility index (Phi) is 7.33. The molecule has 0 unspecified atom stereocenters. The van der Waals surface area contributed by atoms with Gasteiger partial charge in [0.2, 0.25) is 0 Å². The van der Waals surface area contributed by atoms with Crippen LogP contribution in [-0.4, -0.2) is 29.8 Å². The SMILES string of the molecule is Br.O=C(CN(C1=NCCCS1)c1ccc(Br)cc1)c1cccs1. The van der Waals surface area contributed by atoms with Gasteiger partial charge < -0.3 is 4.90 Å². The summed E-state index contributed by atoms with van der Waals surface area (Å²) in [6.07, 6.45) is 1.10. The summed E-state index contributed by atoms with van der Waals surface area (Å²) in [5.74, 6) is 1.19. The molecule has 2 heterocycles. The highest BCUT2D eigenvalue weighted by atomic mass is 79.9. The van der Waals surface area contributed by atoms with Crippen molar-refractivity contribution in [2.45, 2.75) is 6.42 Å². The van der Waals surface area contributed by atoms with Crippen LogP contribution < -0.4 is 4.90 Å². The van der Waals surface area contributed by atoms with Gasteiger partial charge in [-0.2, -0.15) is 0 Å². The summed E-state index contributed by atoms with van der Waals surface area (Å²) in [6.45, 7) is 1.16. The summed E-state index contributed by atoms with van der Waals surface area (Å²) in [7, 11) is 0. The smallest absolute Gasteiger partial charge is 0.192 e. The van der Waals surface area contributed by atoms with Crippen molar-refractivity contribution in [1.82, 2.24) is 0 Å². The van der Waals surface area contributed by atoms with Gasteiger partial charge in [0.15, 0.2) is 11.0 Å². The maximum absolute atomic E-state index is 12.5. The number of aliphatic imine (C=N–C) groups is 1. The van der Waals surface area contributed by atoms with Crippen molar-refractivity contribution in [3.8, 4) is 0 Å². The van der Waals surface area contributed by atoms with Crippen LogP contribution in [0.25, 0.3) is 0 Å². The first-order valence-electron chi connectivity index (χ1n) is 7.01. The Hall–Kier alpha value is -0.630. The summed E-state index contributed by atoms with van der Waals surface area (Å²) >= 11 is 6.67. The van der Waals surface area contributed by atoms with E-state index in [1.165, 1.54) is 11.3 Å². The Balaban J connectivity index is 0.00000192. The van der Waals surface area contributed by atoms with Crippen LogP contribution in [0.5, 0.6) is 0 Å². The minimum Gasteiger partial charge on any atom is -0.313 e. The zero-order valence-corrected chi connectivity index (χ0v) is 17.2. The highest BCUT2D eigenvalue weighted by Crippen LogP contribution is 2.25. The molecule has 1 aliphatic rings. The van der Waals surface area contributed by atoms with Gasteiger partial charge >= 0.3 is 0 Å². The van der Waals surface area contributed by atoms with Gasteiger partial charge in [-0.15, -0.1) is 28.3 Å². The van der Waals surface area contributed by atoms with E-state index in [-0.39, 0.29) is 22.8 Å². The molecule has 1 aromatic heterocycles. The number of Topliss-reactive ketones (excluding diaryl/α,β-unsaturated/α-hetero) is 1. The predicted octanol–water partition coefficient (Wildman–Crippen LogP) is 5.27.